The van der Waals surface area contributed by atoms with Gasteiger partial charge in [0.2, 0.25) is 0 Å². The van der Waals surface area contributed by atoms with E-state index in [1.165, 1.54) is 0 Å². The van der Waals surface area contributed by atoms with Gasteiger partial charge in [-0.3, -0.25) is 16.5 Å². The molecule has 0 aromatic heterocycles. The Kier molecular flexibility index (Phi) is 11.7. The second kappa shape index (κ2) is 9.70. The minimum absolute atomic E-state index is 0.552. The smallest absolute Gasteiger partial charge is 0.320 e. The summed E-state index contributed by atoms with van der Waals surface area (Å²) in [5, 5.41) is 8.27. The van der Waals surface area contributed by atoms with Gasteiger partial charge in [0.25, 0.3) is 0 Å². The van der Waals surface area contributed by atoms with Crippen LogP contribution in [0.2, 0.25) is 0 Å². The molecular weight excluding hydrogens is 166 g/mol. The Hall–Kier alpha value is -0.300. The van der Waals surface area contributed by atoms with Gasteiger partial charge in [0.1, 0.15) is 6.04 Å². The van der Waals surface area contributed by atoms with Crippen molar-refractivity contribution in [3.8, 4) is 0 Å². The first-order valence-corrected chi connectivity index (χ1v) is 4.38. The summed E-state index contributed by atoms with van der Waals surface area (Å²) in [5.41, 5.74) is 5.19. The first-order chi connectivity index (χ1) is 5.18. The summed E-state index contributed by atoms with van der Waals surface area (Å²) in [5.74, 6) is 7.90. The van der Waals surface area contributed by atoms with Crippen molar-refractivity contribution in [1.29, 1.82) is 0 Å². The van der Waals surface area contributed by atoms with Crippen molar-refractivity contribution in [3.63, 3.8) is 0 Å². The van der Waals surface area contributed by atoms with E-state index in [1.807, 2.05) is 6.26 Å². The van der Waals surface area contributed by atoms with Gasteiger partial charge in [0, 0.05) is 0 Å². The van der Waals surface area contributed by atoms with Crippen LogP contribution in [0.4, 0.5) is 0 Å². The standard InChI is InChI=1S/C5H11NO2S.H4N2/c1-9-3-2-4(6)5(7)8;1-2/h4H,2-3,6H2,1H3,(H,7,8);1-2H2/t4-;/m0./s1. The van der Waals surface area contributed by atoms with Crippen molar-refractivity contribution >= 4 is 17.7 Å². The lowest BCUT2D eigenvalue weighted by molar-refractivity contribution is -0.138. The molecule has 0 aliphatic carbocycles. The van der Waals surface area contributed by atoms with Gasteiger partial charge in [0.15, 0.2) is 0 Å². The third kappa shape index (κ3) is 9.70. The molecule has 0 saturated heterocycles. The predicted octanol–water partition coefficient (Wildman–Crippen LogP) is -1.03. The Labute approximate surface area is 70.3 Å². The molecule has 0 aliphatic heterocycles. The fourth-order valence-electron chi connectivity index (χ4n) is 0.368. The van der Waals surface area contributed by atoms with Gasteiger partial charge in [0.05, 0.1) is 0 Å². The third-order valence-electron chi connectivity index (χ3n) is 0.950. The maximum Gasteiger partial charge on any atom is 0.320 e. The van der Waals surface area contributed by atoms with Crippen molar-refractivity contribution in [2.24, 2.45) is 17.4 Å². The van der Waals surface area contributed by atoms with E-state index in [-0.39, 0.29) is 0 Å². The molecule has 0 aliphatic rings. The van der Waals surface area contributed by atoms with Crippen LogP contribution in [-0.2, 0) is 4.79 Å². The monoisotopic (exact) mass is 181 g/mol. The second-order valence-corrected chi connectivity index (χ2v) is 2.71. The number of nitrogens with two attached hydrogens (primary N) is 3. The maximum atomic E-state index is 10.1. The van der Waals surface area contributed by atoms with Crippen LogP contribution >= 0.6 is 11.8 Å². The van der Waals surface area contributed by atoms with E-state index >= 15 is 0 Å². The zero-order valence-electron chi connectivity index (χ0n) is 6.49. The SMILES string of the molecule is CSCC[C@H](N)C(=O)O.NN. The van der Waals surface area contributed by atoms with Gasteiger partial charge in [-0.05, 0) is 18.4 Å². The molecule has 0 heterocycles. The third-order valence-corrected chi connectivity index (χ3v) is 1.59. The van der Waals surface area contributed by atoms with E-state index in [1.54, 1.807) is 11.8 Å². The number of aliphatic carboxylic acids is 1. The van der Waals surface area contributed by atoms with E-state index in [2.05, 4.69) is 11.7 Å². The average molecular weight is 181 g/mol. The summed E-state index contributed by atoms with van der Waals surface area (Å²) in [6.45, 7) is 0. The van der Waals surface area contributed by atoms with Crippen LogP contribution in [0, 0.1) is 0 Å². The van der Waals surface area contributed by atoms with Crippen LogP contribution in [0.3, 0.4) is 0 Å². The number of rotatable bonds is 4. The molecule has 0 amide bonds. The number of carbonyl (C=O) groups is 1. The molecule has 0 bridgehead atoms. The molecule has 6 heteroatoms. The van der Waals surface area contributed by atoms with Gasteiger partial charge in [-0.2, -0.15) is 11.8 Å². The molecule has 0 radical (unpaired) electrons. The number of thioether (sulfide) groups is 1. The summed E-state index contributed by atoms with van der Waals surface area (Å²) >= 11 is 1.60. The Bertz CT molecular complexity index is 102. The van der Waals surface area contributed by atoms with Gasteiger partial charge < -0.3 is 10.8 Å². The highest BCUT2D eigenvalue weighted by Gasteiger charge is 2.08. The Morgan fingerprint density at radius 1 is 1.64 bits per heavy atom. The van der Waals surface area contributed by atoms with Crippen LogP contribution in [0.25, 0.3) is 0 Å². The first kappa shape index (κ1) is 13.3. The average Bonchev–Trinajstić information content (AvgIpc) is 2.03. The lowest BCUT2D eigenvalue weighted by Crippen LogP contribution is -2.30. The molecule has 7 N–H and O–H groups in total. The van der Waals surface area contributed by atoms with Crippen molar-refractivity contribution in [2.75, 3.05) is 12.0 Å². The van der Waals surface area contributed by atoms with Crippen molar-refractivity contribution in [2.45, 2.75) is 12.5 Å². The van der Waals surface area contributed by atoms with E-state index in [0.29, 0.717) is 6.42 Å². The highest BCUT2D eigenvalue weighted by atomic mass is 32.2. The normalized spacial score (nSPS) is 11.3. The molecule has 0 aromatic rings. The largest absolute Gasteiger partial charge is 0.480 e. The molecule has 0 spiro atoms. The van der Waals surface area contributed by atoms with Gasteiger partial charge in [-0.25, -0.2) is 0 Å². The summed E-state index contributed by atoms with van der Waals surface area (Å²) in [6.07, 6.45) is 2.48. The van der Waals surface area contributed by atoms with Crippen LogP contribution < -0.4 is 17.4 Å². The molecular formula is C5H15N3O2S. The van der Waals surface area contributed by atoms with Crippen LogP contribution in [0.1, 0.15) is 6.42 Å². The Balaban J connectivity index is 0. The lowest BCUT2D eigenvalue weighted by atomic mass is 10.2. The molecule has 0 fully saturated rings. The highest BCUT2D eigenvalue weighted by Crippen LogP contribution is 1.97. The van der Waals surface area contributed by atoms with Crippen molar-refractivity contribution < 1.29 is 9.90 Å². The molecule has 0 unspecified atom stereocenters. The van der Waals surface area contributed by atoms with Crippen LogP contribution in [0.5, 0.6) is 0 Å². The number of carboxylic acids is 1. The summed E-state index contributed by atoms with van der Waals surface area (Å²) in [7, 11) is 0. The van der Waals surface area contributed by atoms with Gasteiger partial charge >= 0.3 is 5.97 Å². The zero-order valence-corrected chi connectivity index (χ0v) is 7.30. The van der Waals surface area contributed by atoms with E-state index in [9.17, 15) is 4.79 Å². The fourth-order valence-corrected chi connectivity index (χ4v) is 0.858. The molecule has 0 saturated carbocycles. The fraction of sp³-hybridized carbons (Fsp3) is 0.800. The highest BCUT2D eigenvalue weighted by molar-refractivity contribution is 7.98. The molecule has 0 aromatic carbocycles. The number of carboxylic acid groups (broad SMARTS) is 1. The first-order valence-electron chi connectivity index (χ1n) is 2.99. The van der Waals surface area contributed by atoms with Crippen molar-refractivity contribution in [1.82, 2.24) is 0 Å². The Morgan fingerprint density at radius 2 is 2.09 bits per heavy atom. The molecule has 68 valence electrons. The minimum atomic E-state index is -0.913. The zero-order chi connectivity index (χ0) is 9.28. The van der Waals surface area contributed by atoms with Crippen LogP contribution in [0.15, 0.2) is 0 Å². The molecule has 11 heavy (non-hydrogen) atoms. The second-order valence-electron chi connectivity index (χ2n) is 1.73. The molecule has 0 rings (SSSR count). The number of hydrogen-bond acceptors (Lipinski definition) is 5. The summed E-state index contributed by atoms with van der Waals surface area (Å²) < 4.78 is 0. The predicted molar refractivity (Wildman–Crippen MR) is 47.0 cm³/mol. The Morgan fingerprint density at radius 3 is 2.36 bits per heavy atom. The number of hydrazine groups is 1. The van der Waals surface area contributed by atoms with Crippen LogP contribution in [-0.4, -0.2) is 29.1 Å². The lowest BCUT2D eigenvalue weighted by Gasteiger charge is -2.02. The summed E-state index contributed by atoms with van der Waals surface area (Å²) in [6, 6.07) is -0.683. The quantitative estimate of drug-likeness (QED) is 0.325. The number of hydrogen-bond donors (Lipinski definition) is 4. The molecule has 1 atom stereocenters. The van der Waals surface area contributed by atoms with E-state index in [4.69, 9.17) is 10.8 Å². The minimum Gasteiger partial charge on any atom is -0.480 e. The van der Waals surface area contributed by atoms with Crippen molar-refractivity contribution in [3.05, 3.63) is 0 Å². The maximum absolute atomic E-state index is 10.1. The van der Waals surface area contributed by atoms with Gasteiger partial charge in [-0.15, -0.1) is 0 Å². The van der Waals surface area contributed by atoms with E-state index < -0.39 is 12.0 Å². The van der Waals surface area contributed by atoms with E-state index in [0.717, 1.165) is 5.75 Å². The molecule has 5 nitrogen and oxygen atoms in total. The summed E-state index contributed by atoms with van der Waals surface area (Å²) in [4.78, 5) is 10.1. The topological polar surface area (TPSA) is 115 Å². The van der Waals surface area contributed by atoms with Gasteiger partial charge in [-0.1, -0.05) is 0 Å².